The first-order valence-electron chi connectivity index (χ1n) is 9.67. The maximum Gasteiger partial charge on any atom is 0.325 e. The van der Waals surface area contributed by atoms with Crippen LogP contribution in [0.3, 0.4) is 0 Å². The molecular weight excluding hydrogens is 378 g/mol. The fourth-order valence-electron chi connectivity index (χ4n) is 4.23. The van der Waals surface area contributed by atoms with Crippen LogP contribution in [0.2, 0.25) is 0 Å². The molecule has 1 saturated heterocycles. The summed E-state index contributed by atoms with van der Waals surface area (Å²) in [4.78, 5) is 44.0. The number of amides is 3. The Balaban J connectivity index is 2.41. The van der Waals surface area contributed by atoms with Crippen LogP contribution >= 0.6 is 11.3 Å². The smallest absolute Gasteiger partial charge is 0.325 e. The van der Waals surface area contributed by atoms with Crippen molar-refractivity contribution in [1.82, 2.24) is 15.2 Å². The highest BCUT2D eigenvalue weighted by molar-refractivity contribution is 7.09. The summed E-state index contributed by atoms with van der Waals surface area (Å²) in [5.74, 6) is -1.61. The Kier molecular flexibility index (Phi) is 6.23. The molecular formula is C20H31N3O4S. The van der Waals surface area contributed by atoms with E-state index in [0.29, 0.717) is 12.1 Å². The van der Waals surface area contributed by atoms with Gasteiger partial charge in [-0.3, -0.25) is 14.5 Å². The van der Waals surface area contributed by atoms with Crippen molar-refractivity contribution < 1.29 is 19.5 Å². The van der Waals surface area contributed by atoms with Crippen LogP contribution in [0.5, 0.6) is 0 Å². The van der Waals surface area contributed by atoms with Crippen LogP contribution in [-0.2, 0) is 16.1 Å². The molecule has 0 spiro atoms. The van der Waals surface area contributed by atoms with Crippen LogP contribution in [0.4, 0.5) is 4.79 Å². The number of rotatable bonds is 7. The zero-order valence-corrected chi connectivity index (χ0v) is 18.5. The van der Waals surface area contributed by atoms with Crippen LogP contribution in [0, 0.1) is 16.7 Å². The van der Waals surface area contributed by atoms with Crippen molar-refractivity contribution in [3.8, 4) is 0 Å². The zero-order valence-electron chi connectivity index (χ0n) is 17.7. The van der Waals surface area contributed by atoms with Crippen molar-refractivity contribution in [2.75, 3.05) is 0 Å². The van der Waals surface area contributed by atoms with Crippen LogP contribution in [0.25, 0.3) is 0 Å². The van der Waals surface area contributed by atoms with Gasteiger partial charge in [0.25, 0.3) is 5.91 Å². The minimum atomic E-state index is -1.42. The van der Waals surface area contributed by atoms with E-state index in [1.165, 1.54) is 11.3 Å². The molecule has 156 valence electrons. The number of aromatic nitrogens is 1. The minimum absolute atomic E-state index is 0.0464. The summed E-state index contributed by atoms with van der Waals surface area (Å²) in [6, 6.07) is -1.68. The van der Waals surface area contributed by atoms with Crippen molar-refractivity contribution in [2.45, 2.75) is 73.4 Å². The Morgan fingerprint density at radius 1 is 1.32 bits per heavy atom. The Morgan fingerprint density at radius 3 is 2.36 bits per heavy atom. The van der Waals surface area contributed by atoms with E-state index in [9.17, 15) is 19.5 Å². The summed E-state index contributed by atoms with van der Waals surface area (Å²) >= 11 is 1.49. The number of carbonyl (C=O) groups is 3. The highest BCUT2D eigenvalue weighted by Gasteiger charge is 2.63. The second kappa shape index (κ2) is 7.81. The number of hydrogen-bond donors (Lipinski definition) is 2. The highest BCUT2D eigenvalue weighted by atomic mass is 32.1. The second-order valence-corrected chi connectivity index (χ2v) is 9.76. The molecule has 0 saturated carbocycles. The maximum atomic E-state index is 13.2. The maximum absolute atomic E-state index is 13.2. The van der Waals surface area contributed by atoms with E-state index in [0.717, 1.165) is 9.91 Å². The third-order valence-corrected chi connectivity index (χ3v) is 7.04. The van der Waals surface area contributed by atoms with E-state index < -0.39 is 34.8 Å². The third kappa shape index (κ3) is 3.54. The lowest BCUT2D eigenvalue weighted by atomic mass is 9.55. The summed E-state index contributed by atoms with van der Waals surface area (Å²) in [7, 11) is 0. The fraction of sp³-hybridized carbons (Fsp3) is 0.700. The van der Waals surface area contributed by atoms with Gasteiger partial charge < -0.3 is 10.4 Å². The minimum Gasteiger partial charge on any atom is -0.481 e. The van der Waals surface area contributed by atoms with Crippen LogP contribution in [-0.4, -0.2) is 38.9 Å². The van der Waals surface area contributed by atoms with Gasteiger partial charge in [0, 0.05) is 11.3 Å². The lowest BCUT2D eigenvalue weighted by Crippen LogP contribution is -2.61. The van der Waals surface area contributed by atoms with Gasteiger partial charge in [0.2, 0.25) is 0 Å². The number of carbonyl (C=O) groups excluding carboxylic acids is 2. The molecule has 1 fully saturated rings. The molecule has 3 atom stereocenters. The largest absolute Gasteiger partial charge is 0.481 e. The summed E-state index contributed by atoms with van der Waals surface area (Å²) in [6.07, 6.45) is 0.576. The summed E-state index contributed by atoms with van der Waals surface area (Å²) in [5.41, 5.74) is -1.53. The molecule has 1 aliphatic heterocycles. The molecule has 1 aromatic heterocycles. The number of thiazole rings is 1. The van der Waals surface area contributed by atoms with Crippen LogP contribution < -0.4 is 5.32 Å². The number of aliphatic carboxylic acids is 1. The number of urea groups is 1. The van der Waals surface area contributed by atoms with Crippen molar-refractivity contribution in [1.29, 1.82) is 0 Å². The first-order chi connectivity index (χ1) is 12.9. The monoisotopic (exact) mass is 409 g/mol. The summed E-state index contributed by atoms with van der Waals surface area (Å²) < 4.78 is 0. The van der Waals surface area contributed by atoms with Gasteiger partial charge in [-0.05, 0) is 11.3 Å². The molecule has 8 heteroatoms. The number of carboxylic acid groups (broad SMARTS) is 1. The molecule has 1 aliphatic rings. The summed E-state index contributed by atoms with van der Waals surface area (Å²) in [5, 5.41) is 15.7. The molecule has 3 amide bonds. The van der Waals surface area contributed by atoms with Gasteiger partial charge in [-0.25, -0.2) is 9.78 Å². The molecule has 1 aromatic rings. The van der Waals surface area contributed by atoms with Gasteiger partial charge in [-0.1, -0.05) is 54.9 Å². The predicted octanol–water partition coefficient (Wildman–Crippen LogP) is 3.85. The second-order valence-electron chi connectivity index (χ2n) is 8.87. The molecule has 0 aliphatic carbocycles. The van der Waals surface area contributed by atoms with Gasteiger partial charge in [-0.15, -0.1) is 11.3 Å². The highest BCUT2D eigenvalue weighted by Crippen LogP contribution is 2.50. The van der Waals surface area contributed by atoms with Gasteiger partial charge in [0.1, 0.15) is 11.5 Å². The standard InChI is InChI=1S/C20H31N3O4S/c1-8-12(4)20(17(25)26,19(5,6)7)14-16(24)23(18(27)22-14)9-13-10-28-15(21-13)11(2)3/h10-12,14H,8-9H2,1-7H3,(H,22,27)(H,25,26)/t12-,14?,20-/m0/s1. The lowest BCUT2D eigenvalue weighted by molar-refractivity contribution is -0.169. The third-order valence-electron chi connectivity index (χ3n) is 5.85. The lowest BCUT2D eigenvalue weighted by Gasteiger charge is -2.48. The van der Waals surface area contributed by atoms with Crippen LogP contribution in [0.1, 0.15) is 71.5 Å². The molecule has 28 heavy (non-hydrogen) atoms. The average Bonchev–Trinajstić information content (AvgIpc) is 3.15. The Morgan fingerprint density at radius 2 is 1.93 bits per heavy atom. The van der Waals surface area contributed by atoms with E-state index in [2.05, 4.69) is 10.3 Å². The number of carboxylic acids is 1. The zero-order chi connectivity index (χ0) is 21.4. The Labute approximate surface area is 170 Å². The van der Waals surface area contributed by atoms with Gasteiger partial charge in [0.05, 0.1) is 17.2 Å². The fourth-order valence-corrected chi connectivity index (χ4v) is 5.06. The Hall–Kier alpha value is -1.96. The quantitative estimate of drug-likeness (QED) is 0.666. The van der Waals surface area contributed by atoms with E-state index in [4.69, 9.17) is 0 Å². The SMILES string of the molecule is CC[C@H](C)[C@@](C(=O)O)(C1NC(=O)N(Cc2csc(C(C)C)n2)C1=O)C(C)(C)C. The molecule has 0 bridgehead atoms. The number of nitrogens with one attached hydrogen (secondary N) is 1. The van der Waals surface area contributed by atoms with Gasteiger partial charge >= 0.3 is 12.0 Å². The van der Waals surface area contributed by atoms with Crippen molar-refractivity contribution in [2.24, 2.45) is 16.7 Å². The van der Waals surface area contributed by atoms with Crippen LogP contribution in [0.15, 0.2) is 5.38 Å². The number of nitrogens with zero attached hydrogens (tertiary/aromatic N) is 2. The molecule has 7 nitrogen and oxygen atoms in total. The molecule has 0 radical (unpaired) electrons. The molecule has 1 unspecified atom stereocenters. The first-order valence-corrected chi connectivity index (χ1v) is 10.5. The van der Waals surface area contributed by atoms with Gasteiger partial charge in [-0.2, -0.15) is 0 Å². The molecule has 0 aromatic carbocycles. The topological polar surface area (TPSA) is 99.6 Å². The first kappa shape index (κ1) is 22.3. The number of hydrogen-bond acceptors (Lipinski definition) is 5. The summed E-state index contributed by atoms with van der Waals surface area (Å²) in [6.45, 7) is 13.3. The molecule has 2 N–H and O–H groups in total. The van der Waals surface area contributed by atoms with Crippen molar-refractivity contribution in [3.05, 3.63) is 16.1 Å². The van der Waals surface area contributed by atoms with Crippen molar-refractivity contribution >= 4 is 29.2 Å². The Bertz CT molecular complexity index is 768. The van der Waals surface area contributed by atoms with E-state index in [-0.39, 0.29) is 18.4 Å². The average molecular weight is 410 g/mol. The predicted molar refractivity (Wildman–Crippen MR) is 108 cm³/mol. The van der Waals surface area contributed by atoms with Crippen molar-refractivity contribution in [3.63, 3.8) is 0 Å². The van der Waals surface area contributed by atoms with E-state index >= 15 is 0 Å². The van der Waals surface area contributed by atoms with Gasteiger partial charge in [0.15, 0.2) is 0 Å². The normalized spacial score (nSPS) is 21.0. The molecule has 2 heterocycles. The molecule has 2 rings (SSSR count). The van der Waals surface area contributed by atoms with E-state index in [1.807, 2.05) is 53.8 Å². The van der Waals surface area contributed by atoms with E-state index in [1.54, 1.807) is 0 Å². The number of imide groups is 1.